The van der Waals surface area contributed by atoms with Crippen LogP contribution in [0.25, 0.3) is 0 Å². The molecule has 0 aliphatic heterocycles. The molecule has 0 aromatic carbocycles. The van der Waals surface area contributed by atoms with E-state index >= 15 is 0 Å². The number of halogens is 1. The molecule has 0 heterocycles. The molecule has 1 aliphatic carbocycles. The molecule has 12 heavy (non-hydrogen) atoms. The number of hydrogen-bond acceptors (Lipinski definition) is 1. The van der Waals surface area contributed by atoms with Crippen LogP contribution in [0.3, 0.4) is 0 Å². The van der Waals surface area contributed by atoms with Gasteiger partial charge >= 0.3 is 0 Å². The van der Waals surface area contributed by atoms with E-state index in [1.165, 1.54) is 19.3 Å². The van der Waals surface area contributed by atoms with Gasteiger partial charge in [0.2, 0.25) is 0 Å². The first kappa shape index (κ1) is 12.0. The van der Waals surface area contributed by atoms with Crippen molar-refractivity contribution in [1.29, 1.82) is 0 Å². The van der Waals surface area contributed by atoms with Gasteiger partial charge in [0.15, 0.2) is 5.96 Å². The van der Waals surface area contributed by atoms with Crippen LogP contribution in [0, 0.1) is 5.41 Å². The highest BCUT2D eigenvalue weighted by atomic mass is 127. The van der Waals surface area contributed by atoms with Crippen molar-refractivity contribution in [3.05, 3.63) is 0 Å². The van der Waals surface area contributed by atoms with Gasteiger partial charge in [0.05, 0.1) is 0 Å². The van der Waals surface area contributed by atoms with Crippen molar-refractivity contribution in [3.63, 3.8) is 0 Å². The minimum Gasteiger partial charge on any atom is -0.370 e. The number of nitrogens with one attached hydrogen (secondary N) is 1. The summed E-state index contributed by atoms with van der Waals surface area (Å²) in [5.41, 5.74) is 6.07. The maximum atomic E-state index is 5.46. The predicted molar refractivity (Wildman–Crippen MR) is 62.9 cm³/mol. The molecular formula is C8H18IN3. The molecule has 0 unspecified atom stereocenters. The summed E-state index contributed by atoms with van der Waals surface area (Å²) in [6.07, 6.45) is 3.96. The number of nitrogens with two attached hydrogens (primary N) is 1. The third-order valence-corrected chi connectivity index (χ3v) is 2.38. The number of guanidine groups is 1. The van der Waals surface area contributed by atoms with E-state index in [0.717, 1.165) is 6.54 Å². The first-order valence-corrected chi connectivity index (χ1v) is 4.12. The summed E-state index contributed by atoms with van der Waals surface area (Å²) in [4.78, 5) is 3.81. The Kier molecular flexibility index (Phi) is 4.89. The molecule has 0 amide bonds. The zero-order chi connectivity index (χ0) is 8.32. The van der Waals surface area contributed by atoms with Gasteiger partial charge in [0, 0.05) is 13.6 Å². The van der Waals surface area contributed by atoms with Crippen molar-refractivity contribution >= 4 is 29.9 Å². The van der Waals surface area contributed by atoms with Gasteiger partial charge in [-0.2, -0.15) is 0 Å². The molecule has 0 aromatic heterocycles. The molecule has 3 nitrogen and oxygen atoms in total. The maximum absolute atomic E-state index is 5.46. The second-order valence-electron chi connectivity index (χ2n) is 3.60. The normalized spacial score (nSPS) is 19.7. The molecule has 1 aliphatic rings. The summed E-state index contributed by atoms with van der Waals surface area (Å²) in [7, 11) is 1.70. The molecule has 4 heteroatoms. The van der Waals surface area contributed by atoms with Crippen LogP contribution in [0.15, 0.2) is 4.99 Å². The summed E-state index contributed by atoms with van der Waals surface area (Å²) < 4.78 is 0. The lowest BCUT2D eigenvalue weighted by Crippen LogP contribution is -2.32. The van der Waals surface area contributed by atoms with Crippen LogP contribution in [0.1, 0.15) is 26.2 Å². The molecule has 0 atom stereocenters. The summed E-state index contributed by atoms with van der Waals surface area (Å²) in [6.45, 7) is 3.27. The van der Waals surface area contributed by atoms with Crippen molar-refractivity contribution < 1.29 is 0 Å². The summed E-state index contributed by atoms with van der Waals surface area (Å²) >= 11 is 0. The average Bonchev–Trinajstić information content (AvgIpc) is 2.68. The zero-order valence-corrected chi connectivity index (χ0v) is 10.1. The molecular weight excluding hydrogens is 265 g/mol. The fraction of sp³-hybridized carbons (Fsp3) is 0.875. The third-order valence-electron chi connectivity index (χ3n) is 2.38. The van der Waals surface area contributed by atoms with Crippen LogP contribution in [0.5, 0.6) is 0 Å². The van der Waals surface area contributed by atoms with Gasteiger partial charge in [0.1, 0.15) is 0 Å². The van der Waals surface area contributed by atoms with Crippen molar-refractivity contribution in [2.24, 2.45) is 16.1 Å². The van der Waals surface area contributed by atoms with Gasteiger partial charge in [0.25, 0.3) is 0 Å². The number of nitrogens with zero attached hydrogens (tertiary/aromatic N) is 1. The van der Waals surface area contributed by atoms with E-state index in [9.17, 15) is 0 Å². The van der Waals surface area contributed by atoms with Crippen LogP contribution >= 0.6 is 24.0 Å². The fourth-order valence-corrected chi connectivity index (χ4v) is 1.03. The van der Waals surface area contributed by atoms with Crippen molar-refractivity contribution in [1.82, 2.24) is 5.32 Å². The molecule has 0 aromatic rings. The molecule has 1 rings (SSSR count). The fourth-order valence-electron chi connectivity index (χ4n) is 1.03. The van der Waals surface area contributed by atoms with Crippen molar-refractivity contribution in [3.8, 4) is 0 Å². The first-order valence-electron chi connectivity index (χ1n) is 4.12. The topological polar surface area (TPSA) is 50.4 Å². The summed E-state index contributed by atoms with van der Waals surface area (Å²) in [5.74, 6) is 0.550. The lowest BCUT2D eigenvalue weighted by molar-refractivity contribution is 0.513. The van der Waals surface area contributed by atoms with E-state index in [1.54, 1.807) is 7.05 Å². The van der Waals surface area contributed by atoms with Crippen LogP contribution in [0.4, 0.5) is 0 Å². The zero-order valence-electron chi connectivity index (χ0n) is 7.76. The molecule has 0 bridgehead atoms. The Morgan fingerprint density at radius 3 is 2.58 bits per heavy atom. The van der Waals surface area contributed by atoms with Gasteiger partial charge < -0.3 is 11.1 Å². The Balaban J connectivity index is 0.00000121. The Morgan fingerprint density at radius 2 is 2.17 bits per heavy atom. The van der Waals surface area contributed by atoms with Gasteiger partial charge in [-0.25, -0.2) is 0 Å². The monoisotopic (exact) mass is 283 g/mol. The first-order chi connectivity index (χ1) is 5.16. The summed E-state index contributed by atoms with van der Waals surface area (Å²) in [6, 6.07) is 0. The second kappa shape index (κ2) is 4.89. The molecule has 0 saturated heterocycles. The van der Waals surface area contributed by atoms with E-state index < -0.39 is 0 Å². The Labute approximate surface area is 91.2 Å². The minimum atomic E-state index is 0. The second-order valence-corrected chi connectivity index (χ2v) is 3.60. The van der Waals surface area contributed by atoms with Crippen LogP contribution in [0.2, 0.25) is 0 Å². The summed E-state index contributed by atoms with van der Waals surface area (Å²) in [5, 5.41) is 3.06. The SMILES string of the molecule is CN=C(N)NCCC1(C)CC1.I. The highest BCUT2D eigenvalue weighted by Gasteiger charge is 2.36. The number of aliphatic imine (C=N–C) groups is 1. The average molecular weight is 283 g/mol. The largest absolute Gasteiger partial charge is 0.370 e. The van der Waals surface area contributed by atoms with E-state index in [0.29, 0.717) is 11.4 Å². The van der Waals surface area contributed by atoms with Gasteiger partial charge in [-0.3, -0.25) is 4.99 Å². The van der Waals surface area contributed by atoms with Crippen molar-refractivity contribution in [2.75, 3.05) is 13.6 Å². The van der Waals surface area contributed by atoms with Crippen LogP contribution in [-0.4, -0.2) is 19.6 Å². The van der Waals surface area contributed by atoms with Crippen LogP contribution in [-0.2, 0) is 0 Å². The molecule has 0 radical (unpaired) electrons. The van der Waals surface area contributed by atoms with E-state index in [1.807, 2.05) is 0 Å². The third kappa shape index (κ3) is 4.13. The number of hydrogen-bond donors (Lipinski definition) is 2. The molecule has 0 spiro atoms. The standard InChI is InChI=1S/C8H17N3.HI/c1-8(3-4-8)5-6-11-7(9)10-2;/h3-6H2,1-2H3,(H3,9,10,11);1H. The molecule has 72 valence electrons. The smallest absolute Gasteiger partial charge is 0.188 e. The highest BCUT2D eigenvalue weighted by Crippen LogP contribution is 2.47. The van der Waals surface area contributed by atoms with Crippen molar-refractivity contribution in [2.45, 2.75) is 26.2 Å². The van der Waals surface area contributed by atoms with Crippen LogP contribution < -0.4 is 11.1 Å². The molecule has 3 N–H and O–H groups in total. The Hall–Kier alpha value is 0. The van der Waals surface area contributed by atoms with E-state index in [-0.39, 0.29) is 24.0 Å². The lowest BCUT2D eigenvalue weighted by Gasteiger charge is -2.08. The van der Waals surface area contributed by atoms with Gasteiger partial charge in [-0.05, 0) is 24.7 Å². The molecule has 1 saturated carbocycles. The Bertz CT molecular complexity index is 164. The Morgan fingerprint density at radius 1 is 1.58 bits per heavy atom. The van der Waals surface area contributed by atoms with E-state index in [4.69, 9.17) is 5.73 Å². The minimum absolute atomic E-state index is 0. The van der Waals surface area contributed by atoms with Gasteiger partial charge in [-0.15, -0.1) is 24.0 Å². The highest BCUT2D eigenvalue weighted by molar-refractivity contribution is 14.0. The maximum Gasteiger partial charge on any atom is 0.188 e. The quantitative estimate of drug-likeness (QED) is 0.466. The number of rotatable bonds is 3. The lowest BCUT2D eigenvalue weighted by atomic mass is 10.1. The predicted octanol–water partition coefficient (Wildman–Crippen LogP) is 1.33. The van der Waals surface area contributed by atoms with Gasteiger partial charge in [-0.1, -0.05) is 6.92 Å². The molecule has 1 fully saturated rings. The van der Waals surface area contributed by atoms with E-state index in [2.05, 4.69) is 17.2 Å².